The Kier molecular flexibility index (Phi) is 3.69. The van der Waals surface area contributed by atoms with Crippen LogP contribution in [0.15, 0.2) is 42.5 Å². The van der Waals surface area contributed by atoms with Crippen LogP contribution < -0.4 is 4.74 Å². The highest BCUT2D eigenvalue weighted by molar-refractivity contribution is 6.30. The van der Waals surface area contributed by atoms with E-state index in [-0.39, 0.29) is 0 Å². The van der Waals surface area contributed by atoms with Gasteiger partial charge in [-0.15, -0.1) is 0 Å². The third-order valence-electron chi connectivity index (χ3n) is 2.23. The smallest absolute Gasteiger partial charge is 0.135 e. The lowest BCUT2D eigenvalue weighted by atomic mass is 10.1. The molecule has 0 N–H and O–H groups in total. The summed E-state index contributed by atoms with van der Waals surface area (Å²) in [5.74, 6) is 6.85. The number of methoxy groups -OCH3 is 1. The normalized spacial score (nSPS) is 9.29. The fourth-order valence-corrected chi connectivity index (χ4v) is 1.49. The highest BCUT2D eigenvalue weighted by Crippen LogP contribution is 2.15. The van der Waals surface area contributed by atoms with E-state index >= 15 is 0 Å². The molecular formula is C15H10ClO. The molecule has 2 heteroatoms. The summed E-state index contributed by atoms with van der Waals surface area (Å²) in [6.45, 7) is 0. The molecule has 1 nitrogen and oxygen atoms in total. The Morgan fingerprint density at radius 2 is 1.88 bits per heavy atom. The molecule has 0 aromatic heterocycles. The van der Waals surface area contributed by atoms with Gasteiger partial charge < -0.3 is 4.74 Å². The zero-order chi connectivity index (χ0) is 12.1. The van der Waals surface area contributed by atoms with Gasteiger partial charge in [-0.05, 0) is 42.5 Å². The molecule has 0 heterocycles. The second-order valence-corrected chi connectivity index (χ2v) is 3.82. The lowest BCUT2D eigenvalue weighted by molar-refractivity contribution is 0.413. The van der Waals surface area contributed by atoms with Gasteiger partial charge in [-0.3, -0.25) is 0 Å². The summed E-state index contributed by atoms with van der Waals surface area (Å²) in [7, 11) is 1.62. The first-order chi connectivity index (χ1) is 8.29. The second kappa shape index (κ2) is 5.43. The van der Waals surface area contributed by atoms with Crippen molar-refractivity contribution >= 4 is 11.6 Å². The van der Waals surface area contributed by atoms with Crippen molar-refractivity contribution in [1.29, 1.82) is 0 Å². The summed E-state index contributed by atoms with van der Waals surface area (Å²) < 4.78 is 5.20. The lowest BCUT2D eigenvalue weighted by Crippen LogP contribution is -1.86. The van der Waals surface area contributed by atoms with Gasteiger partial charge in [0.25, 0.3) is 0 Å². The average molecular weight is 242 g/mol. The van der Waals surface area contributed by atoms with Crippen molar-refractivity contribution in [3.05, 3.63) is 64.7 Å². The van der Waals surface area contributed by atoms with E-state index in [0.717, 1.165) is 16.9 Å². The first kappa shape index (κ1) is 11.6. The van der Waals surface area contributed by atoms with Gasteiger partial charge in [0.1, 0.15) is 5.75 Å². The first-order valence-electron chi connectivity index (χ1n) is 5.11. The van der Waals surface area contributed by atoms with E-state index in [9.17, 15) is 0 Å². The number of hydrogen-bond donors (Lipinski definition) is 0. The van der Waals surface area contributed by atoms with Crippen molar-refractivity contribution in [3.63, 3.8) is 0 Å². The van der Waals surface area contributed by atoms with E-state index in [2.05, 4.69) is 17.9 Å². The molecule has 0 aliphatic heterocycles. The van der Waals surface area contributed by atoms with Gasteiger partial charge in [-0.1, -0.05) is 29.5 Å². The average Bonchev–Trinajstić information content (AvgIpc) is 2.38. The van der Waals surface area contributed by atoms with Crippen LogP contribution in [0.5, 0.6) is 5.75 Å². The Hall–Kier alpha value is -1.91. The molecule has 0 aliphatic carbocycles. The molecule has 0 atom stereocenters. The fourth-order valence-electron chi connectivity index (χ4n) is 1.36. The van der Waals surface area contributed by atoms with Gasteiger partial charge in [0.05, 0.1) is 12.7 Å². The molecule has 0 amide bonds. The standard InChI is InChI=1S/C15H10ClO/c1-17-15-5-3-2-4-13(15)9-6-12-7-10-14(16)11-8-12/h2,4-5,7-8,10-11H,1H3. The zero-order valence-corrected chi connectivity index (χ0v) is 10.1. The van der Waals surface area contributed by atoms with E-state index in [1.54, 1.807) is 13.2 Å². The Labute approximate surface area is 106 Å². The molecule has 1 radical (unpaired) electrons. The summed E-state index contributed by atoms with van der Waals surface area (Å²) in [5, 5.41) is 0.711. The maximum Gasteiger partial charge on any atom is 0.135 e. The Morgan fingerprint density at radius 1 is 1.12 bits per heavy atom. The van der Waals surface area contributed by atoms with Crippen LogP contribution in [0.2, 0.25) is 5.02 Å². The second-order valence-electron chi connectivity index (χ2n) is 3.38. The van der Waals surface area contributed by atoms with E-state index in [4.69, 9.17) is 16.3 Å². The minimum absolute atomic E-state index is 0.711. The van der Waals surface area contributed by atoms with Crippen molar-refractivity contribution in [2.24, 2.45) is 0 Å². The molecule has 0 aliphatic rings. The summed E-state index contributed by atoms with van der Waals surface area (Å²) in [6.07, 6.45) is 0. The Bertz CT molecular complexity index is 561. The molecule has 0 bridgehead atoms. The predicted molar refractivity (Wildman–Crippen MR) is 69.3 cm³/mol. The molecule has 17 heavy (non-hydrogen) atoms. The monoisotopic (exact) mass is 241 g/mol. The summed E-state index contributed by atoms with van der Waals surface area (Å²) in [4.78, 5) is 0. The van der Waals surface area contributed by atoms with Gasteiger partial charge >= 0.3 is 0 Å². The van der Waals surface area contributed by atoms with Crippen LogP contribution in [0.1, 0.15) is 11.1 Å². The van der Waals surface area contributed by atoms with Crippen LogP contribution >= 0.6 is 11.6 Å². The maximum absolute atomic E-state index is 5.80. The van der Waals surface area contributed by atoms with Crippen LogP contribution in [-0.2, 0) is 0 Å². The van der Waals surface area contributed by atoms with Gasteiger partial charge in [0.2, 0.25) is 0 Å². The van der Waals surface area contributed by atoms with Crippen molar-refractivity contribution in [2.45, 2.75) is 0 Å². The third kappa shape index (κ3) is 3.03. The number of ether oxygens (including phenoxy) is 1. The first-order valence-corrected chi connectivity index (χ1v) is 5.49. The van der Waals surface area contributed by atoms with E-state index in [1.807, 2.05) is 36.4 Å². The van der Waals surface area contributed by atoms with Gasteiger partial charge in [0.15, 0.2) is 0 Å². The molecule has 0 saturated heterocycles. The highest BCUT2D eigenvalue weighted by Gasteiger charge is 1.96. The van der Waals surface area contributed by atoms with Crippen molar-refractivity contribution in [2.75, 3.05) is 7.11 Å². The molecule has 2 rings (SSSR count). The van der Waals surface area contributed by atoms with Crippen LogP contribution in [0, 0.1) is 17.9 Å². The third-order valence-corrected chi connectivity index (χ3v) is 2.48. The van der Waals surface area contributed by atoms with Crippen LogP contribution in [0.3, 0.4) is 0 Å². The largest absolute Gasteiger partial charge is 0.495 e. The lowest BCUT2D eigenvalue weighted by Gasteiger charge is -2.00. The van der Waals surface area contributed by atoms with Gasteiger partial charge in [0, 0.05) is 10.6 Å². The Morgan fingerprint density at radius 3 is 2.59 bits per heavy atom. The molecule has 0 saturated carbocycles. The maximum atomic E-state index is 5.80. The summed E-state index contributed by atoms with van der Waals surface area (Å²) >= 11 is 5.80. The number of halogens is 1. The molecule has 2 aromatic carbocycles. The minimum atomic E-state index is 0.711. The SMILES string of the molecule is COc1c[c]ccc1C#Cc1ccc(Cl)cc1. The van der Waals surface area contributed by atoms with Gasteiger partial charge in [-0.2, -0.15) is 0 Å². The fraction of sp³-hybridized carbons (Fsp3) is 0.0667. The van der Waals surface area contributed by atoms with Crippen molar-refractivity contribution in [3.8, 4) is 17.6 Å². The molecular weight excluding hydrogens is 232 g/mol. The van der Waals surface area contributed by atoms with E-state index in [1.165, 1.54) is 0 Å². The van der Waals surface area contributed by atoms with Gasteiger partial charge in [-0.25, -0.2) is 0 Å². The summed E-state index contributed by atoms with van der Waals surface area (Å²) in [6, 6.07) is 15.8. The predicted octanol–water partition coefficient (Wildman–Crippen LogP) is 3.55. The number of hydrogen-bond acceptors (Lipinski definition) is 1. The number of rotatable bonds is 1. The quantitative estimate of drug-likeness (QED) is 0.694. The summed E-state index contributed by atoms with van der Waals surface area (Å²) in [5.41, 5.74) is 1.77. The molecule has 2 aromatic rings. The van der Waals surface area contributed by atoms with E-state index in [0.29, 0.717) is 5.02 Å². The molecule has 0 unspecified atom stereocenters. The topological polar surface area (TPSA) is 9.23 Å². The zero-order valence-electron chi connectivity index (χ0n) is 9.33. The Balaban J connectivity index is 2.29. The van der Waals surface area contributed by atoms with Crippen LogP contribution in [-0.4, -0.2) is 7.11 Å². The molecule has 83 valence electrons. The van der Waals surface area contributed by atoms with Crippen molar-refractivity contribution < 1.29 is 4.74 Å². The van der Waals surface area contributed by atoms with Crippen LogP contribution in [0.4, 0.5) is 0 Å². The van der Waals surface area contributed by atoms with Crippen molar-refractivity contribution in [1.82, 2.24) is 0 Å². The van der Waals surface area contributed by atoms with Crippen LogP contribution in [0.25, 0.3) is 0 Å². The molecule has 0 spiro atoms. The van der Waals surface area contributed by atoms with E-state index < -0.39 is 0 Å². The minimum Gasteiger partial charge on any atom is -0.495 e. The highest BCUT2D eigenvalue weighted by atomic mass is 35.5. The number of benzene rings is 2. The molecule has 0 fully saturated rings.